The Hall–Kier alpha value is -2.82. The summed E-state index contributed by atoms with van der Waals surface area (Å²) in [6.45, 7) is 8.44. The second-order valence-corrected chi connectivity index (χ2v) is 6.49. The molecule has 5 nitrogen and oxygen atoms in total. The predicted octanol–water partition coefficient (Wildman–Crippen LogP) is 4.60. The molecule has 0 saturated carbocycles. The molecule has 2 aromatic heterocycles. The third-order valence-electron chi connectivity index (χ3n) is 4.30. The standard InChI is InChI=1S/C20H22N2O3/c1-13(2)22(20(23)18-6-5-9-24-18)12-17-11-19(25-21-17)16-8-7-14(3)15(4)10-16/h5-11,13H,12H2,1-4H3. The van der Waals surface area contributed by atoms with E-state index in [1.807, 2.05) is 26.0 Å². The molecule has 5 heteroatoms. The first-order valence-corrected chi connectivity index (χ1v) is 8.33. The van der Waals surface area contributed by atoms with Gasteiger partial charge in [-0.3, -0.25) is 4.79 Å². The van der Waals surface area contributed by atoms with Gasteiger partial charge in [-0.25, -0.2) is 0 Å². The third kappa shape index (κ3) is 3.65. The molecule has 2 heterocycles. The van der Waals surface area contributed by atoms with Crippen molar-refractivity contribution < 1.29 is 13.7 Å². The smallest absolute Gasteiger partial charge is 0.290 e. The molecule has 0 atom stereocenters. The van der Waals surface area contributed by atoms with E-state index in [-0.39, 0.29) is 11.9 Å². The second kappa shape index (κ2) is 6.97. The average Bonchev–Trinajstić information content (AvgIpc) is 3.26. The van der Waals surface area contributed by atoms with Crippen molar-refractivity contribution in [1.82, 2.24) is 10.1 Å². The molecular formula is C20H22N2O3. The van der Waals surface area contributed by atoms with Crippen LogP contribution in [0.3, 0.4) is 0 Å². The fourth-order valence-corrected chi connectivity index (χ4v) is 2.62. The van der Waals surface area contributed by atoms with Crippen molar-refractivity contribution >= 4 is 5.91 Å². The van der Waals surface area contributed by atoms with E-state index >= 15 is 0 Å². The molecule has 1 aromatic carbocycles. The molecule has 0 bridgehead atoms. The van der Waals surface area contributed by atoms with Crippen LogP contribution in [0.1, 0.15) is 41.2 Å². The molecule has 130 valence electrons. The van der Waals surface area contributed by atoms with Gasteiger partial charge in [0.25, 0.3) is 5.91 Å². The Morgan fingerprint density at radius 1 is 1.16 bits per heavy atom. The molecule has 0 aliphatic heterocycles. The van der Waals surface area contributed by atoms with Crippen LogP contribution >= 0.6 is 0 Å². The highest BCUT2D eigenvalue weighted by atomic mass is 16.5. The van der Waals surface area contributed by atoms with Crippen molar-refractivity contribution in [3.05, 3.63) is 65.2 Å². The van der Waals surface area contributed by atoms with Crippen molar-refractivity contribution in [2.45, 2.75) is 40.3 Å². The highest BCUT2D eigenvalue weighted by molar-refractivity contribution is 5.91. The summed E-state index contributed by atoms with van der Waals surface area (Å²) < 4.78 is 10.7. The van der Waals surface area contributed by atoms with Crippen molar-refractivity contribution in [2.24, 2.45) is 0 Å². The van der Waals surface area contributed by atoms with E-state index in [0.29, 0.717) is 23.8 Å². The maximum Gasteiger partial charge on any atom is 0.290 e. The maximum atomic E-state index is 12.6. The number of nitrogens with zero attached hydrogens (tertiary/aromatic N) is 2. The number of rotatable bonds is 5. The van der Waals surface area contributed by atoms with Crippen molar-refractivity contribution in [1.29, 1.82) is 0 Å². The molecule has 25 heavy (non-hydrogen) atoms. The van der Waals surface area contributed by atoms with Crippen LogP contribution in [0.25, 0.3) is 11.3 Å². The van der Waals surface area contributed by atoms with Crippen LogP contribution in [0.5, 0.6) is 0 Å². The molecule has 3 aromatic rings. The van der Waals surface area contributed by atoms with E-state index in [1.165, 1.54) is 17.4 Å². The Kier molecular flexibility index (Phi) is 4.74. The number of aromatic nitrogens is 1. The van der Waals surface area contributed by atoms with Gasteiger partial charge >= 0.3 is 0 Å². The number of hydrogen-bond donors (Lipinski definition) is 0. The number of amides is 1. The van der Waals surface area contributed by atoms with Gasteiger partial charge in [-0.2, -0.15) is 0 Å². The number of hydrogen-bond acceptors (Lipinski definition) is 4. The lowest BCUT2D eigenvalue weighted by molar-refractivity contribution is 0.0653. The summed E-state index contributed by atoms with van der Waals surface area (Å²) in [5.74, 6) is 0.870. The number of carbonyl (C=O) groups is 1. The lowest BCUT2D eigenvalue weighted by Gasteiger charge is -2.24. The fourth-order valence-electron chi connectivity index (χ4n) is 2.62. The minimum Gasteiger partial charge on any atom is -0.459 e. The molecule has 0 radical (unpaired) electrons. The summed E-state index contributed by atoms with van der Waals surface area (Å²) in [5, 5.41) is 4.13. The van der Waals surface area contributed by atoms with E-state index in [0.717, 1.165) is 5.56 Å². The van der Waals surface area contributed by atoms with Gasteiger partial charge in [-0.1, -0.05) is 17.3 Å². The second-order valence-electron chi connectivity index (χ2n) is 6.49. The minimum atomic E-state index is -0.157. The van der Waals surface area contributed by atoms with Gasteiger partial charge in [0.05, 0.1) is 12.8 Å². The highest BCUT2D eigenvalue weighted by Crippen LogP contribution is 2.24. The van der Waals surface area contributed by atoms with Gasteiger partial charge in [0.1, 0.15) is 5.69 Å². The fraction of sp³-hybridized carbons (Fsp3) is 0.300. The topological polar surface area (TPSA) is 59.5 Å². The van der Waals surface area contributed by atoms with E-state index in [2.05, 4.69) is 31.1 Å². The van der Waals surface area contributed by atoms with Crippen LogP contribution in [-0.2, 0) is 6.54 Å². The molecule has 0 N–H and O–H groups in total. The zero-order valence-electron chi connectivity index (χ0n) is 14.9. The normalized spacial score (nSPS) is 11.1. The summed E-state index contributed by atoms with van der Waals surface area (Å²) in [6.07, 6.45) is 1.50. The number of aryl methyl sites for hydroxylation is 2. The summed E-state index contributed by atoms with van der Waals surface area (Å²) >= 11 is 0. The van der Waals surface area contributed by atoms with Gasteiger partial charge in [0, 0.05) is 17.7 Å². The summed E-state index contributed by atoms with van der Waals surface area (Å²) in [5.41, 5.74) is 4.13. The van der Waals surface area contributed by atoms with Crippen LogP contribution < -0.4 is 0 Å². The van der Waals surface area contributed by atoms with E-state index in [1.54, 1.807) is 17.0 Å². The first-order valence-electron chi connectivity index (χ1n) is 8.33. The molecule has 0 unspecified atom stereocenters. The van der Waals surface area contributed by atoms with Gasteiger partial charge in [0.2, 0.25) is 0 Å². The Morgan fingerprint density at radius 2 is 1.96 bits per heavy atom. The van der Waals surface area contributed by atoms with E-state index in [4.69, 9.17) is 8.94 Å². The summed E-state index contributed by atoms with van der Waals surface area (Å²) in [6, 6.07) is 11.4. The minimum absolute atomic E-state index is 0.0133. The van der Waals surface area contributed by atoms with Crippen LogP contribution in [0.4, 0.5) is 0 Å². The first kappa shape index (κ1) is 17.0. The third-order valence-corrected chi connectivity index (χ3v) is 4.30. The van der Waals surface area contributed by atoms with Gasteiger partial charge < -0.3 is 13.8 Å². The average molecular weight is 338 g/mol. The quantitative estimate of drug-likeness (QED) is 0.682. The lowest BCUT2D eigenvalue weighted by atomic mass is 10.0. The Bertz CT molecular complexity index is 863. The van der Waals surface area contributed by atoms with Crippen molar-refractivity contribution in [3.63, 3.8) is 0 Å². The zero-order valence-corrected chi connectivity index (χ0v) is 14.9. The van der Waals surface area contributed by atoms with Crippen LogP contribution in [-0.4, -0.2) is 22.0 Å². The molecule has 0 spiro atoms. The molecule has 0 aliphatic rings. The Morgan fingerprint density at radius 3 is 2.60 bits per heavy atom. The van der Waals surface area contributed by atoms with E-state index in [9.17, 15) is 4.79 Å². The lowest BCUT2D eigenvalue weighted by Crippen LogP contribution is -2.36. The number of benzene rings is 1. The van der Waals surface area contributed by atoms with Gasteiger partial charge in [-0.15, -0.1) is 0 Å². The van der Waals surface area contributed by atoms with Gasteiger partial charge in [-0.05, 0) is 57.0 Å². The van der Waals surface area contributed by atoms with Crippen LogP contribution in [0.2, 0.25) is 0 Å². The SMILES string of the molecule is Cc1ccc(-c2cc(CN(C(=O)c3ccco3)C(C)C)no2)cc1C. The molecule has 0 fully saturated rings. The molecule has 1 amide bonds. The molecule has 0 saturated heterocycles. The molecule has 0 aliphatic carbocycles. The number of carbonyl (C=O) groups excluding carboxylic acids is 1. The molecule has 3 rings (SSSR count). The summed E-state index contributed by atoms with van der Waals surface area (Å²) in [4.78, 5) is 14.3. The van der Waals surface area contributed by atoms with Crippen molar-refractivity contribution in [3.8, 4) is 11.3 Å². The van der Waals surface area contributed by atoms with Crippen LogP contribution in [0.15, 0.2) is 51.6 Å². The monoisotopic (exact) mass is 338 g/mol. The Labute approximate surface area is 147 Å². The van der Waals surface area contributed by atoms with Crippen LogP contribution in [0, 0.1) is 13.8 Å². The van der Waals surface area contributed by atoms with Crippen molar-refractivity contribution in [2.75, 3.05) is 0 Å². The zero-order chi connectivity index (χ0) is 18.0. The maximum absolute atomic E-state index is 12.6. The van der Waals surface area contributed by atoms with E-state index < -0.39 is 0 Å². The molecular weight excluding hydrogens is 316 g/mol. The first-order chi connectivity index (χ1) is 12.0. The highest BCUT2D eigenvalue weighted by Gasteiger charge is 2.22. The predicted molar refractivity (Wildman–Crippen MR) is 95.1 cm³/mol. The summed E-state index contributed by atoms with van der Waals surface area (Å²) in [7, 11) is 0. The Balaban J connectivity index is 1.81. The largest absolute Gasteiger partial charge is 0.459 e. The van der Waals surface area contributed by atoms with Gasteiger partial charge in [0.15, 0.2) is 11.5 Å². The number of furan rings is 1.